The molecule has 2 atom stereocenters. The number of hydrogen-bond donors (Lipinski definition) is 2. The predicted octanol–water partition coefficient (Wildman–Crippen LogP) is 1.37. The van der Waals surface area contributed by atoms with Crippen molar-refractivity contribution in [2.75, 3.05) is 19.7 Å². The van der Waals surface area contributed by atoms with Gasteiger partial charge in [0, 0.05) is 18.0 Å². The molecular formula is C14H19N3O2. The van der Waals surface area contributed by atoms with Crippen LogP contribution in [0.3, 0.4) is 0 Å². The third-order valence-electron chi connectivity index (χ3n) is 4.07. The molecule has 2 unspecified atom stereocenters. The first-order valence-electron chi connectivity index (χ1n) is 6.73. The van der Waals surface area contributed by atoms with Gasteiger partial charge in [0.05, 0.1) is 12.6 Å². The molecule has 0 spiro atoms. The zero-order valence-corrected chi connectivity index (χ0v) is 10.8. The maximum atomic E-state index is 8.84. The third-order valence-corrected chi connectivity index (χ3v) is 4.07. The smallest absolute Gasteiger partial charge is 0.156 e. The first-order valence-corrected chi connectivity index (χ1v) is 6.73. The lowest BCUT2D eigenvalue weighted by atomic mass is 10.0. The Balaban J connectivity index is 1.73. The van der Waals surface area contributed by atoms with E-state index in [0.29, 0.717) is 11.8 Å². The summed E-state index contributed by atoms with van der Waals surface area (Å²) in [6.45, 7) is 2.62. The SMILES string of the molecule is NC(=NO)C1CCCN1CC1COc2ccccc21. The number of nitrogens with zero attached hydrogens (tertiary/aromatic N) is 2. The van der Waals surface area contributed by atoms with Gasteiger partial charge in [-0.15, -0.1) is 0 Å². The van der Waals surface area contributed by atoms with Crippen LogP contribution in [0.15, 0.2) is 29.4 Å². The Morgan fingerprint density at radius 3 is 3.16 bits per heavy atom. The molecule has 1 aromatic carbocycles. The van der Waals surface area contributed by atoms with E-state index in [-0.39, 0.29) is 6.04 Å². The molecule has 5 heteroatoms. The highest BCUT2D eigenvalue weighted by Gasteiger charge is 2.33. The van der Waals surface area contributed by atoms with E-state index < -0.39 is 0 Å². The van der Waals surface area contributed by atoms with Crippen molar-refractivity contribution >= 4 is 5.84 Å². The third kappa shape index (κ3) is 2.26. The van der Waals surface area contributed by atoms with Gasteiger partial charge >= 0.3 is 0 Å². The van der Waals surface area contributed by atoms with Crippen molar-refractivity contribution in [2.24, 2.45) is 10.9 Å². The lowest BCUT2D eigenvalue weighted by Gasteiger charge is -2.25. The van der Waals surface area contributed by atoms with Gasteiger partial charge in [-0.25, -0.2) is 0 Å². The summed E-state index contributed by atoms with van der Waals surface area (Å²) in [6.07, 6.45) is 2.06. The number of fused-ring (bicyclic) bond motifs is 1. The molecule has 3 N–H and O–H groups in total. The van der Waals surface area contributed by atoms with Crippen molar-refractivity contribution in [3.8, 4) is 5.75 Å². The summed E-state index contributed by atoms with van der Waals surface area (Å²) in [5, 5.41) is 12.0. The van der Waals surface area contributed by atoms with Crippen LogP contribution < -0.4 is 10.5 Å². The minimum absolute atomic E-state index is 0.0674. The number of ether oxygens (including phenoxy) is 1. The van der Waals surface area contributed by atoms with Crippen LogP contribution in [-0.4, -0.2) is 41.7 Å². The number of nitrogens with two attached hydrogens (primary N) is 1. The van der Waals surface area contributed by atoms with E-state index in [0.717, 1.165) is 38.3 Å². The molecule has 2 aliphatic rings. The topological polar surface area (TPSA) is 71.1 Å². The molecule has 0 aromatic heterocycles. The molecule has 1 aromatic rings. The molecule has 102 valence electrons. The Hall–Kier alpha value is -1.75. The summed E-state index contributed by atoms with van der Waals surface area (Å²) in [5.41, 5.74) is 7.04. The van der Waals surface area contributed by atoms with E-state index in [1.807, 2.05) is 18.2 Å². The standard InChI is InChI=1S/C14H19N3O2/c15-14(16-18)12-5-3-7-17(12)8-10-9-19-13-6-2-1-4-11(10)13/h1-2,4,6,10,12,18H,3,5,7-9H2,(H2,15,16). The molecule has 3 rings (SSSR count). The van der Waals surface area contributed by atoms with Gasteiger partial charge in [0.2, 0.25) is 0 Å². The number of likely N-dealkylation sites (tertiary alicyclic amines) is 1. The minimum Gasteiger partial charge on any atom is -0.493 e. The van der Waals surface area contributed by atoms with Gasteiger partial charge in [0.15, 0.2) is 5.84 Å². The second-order valence-corrected chi connectivity index (χ2v) is 5.22. The summed E-state index contributed by atoms with van der Waals surface area (Å²) in [6, 6.07) is 8.25. The summed E-state index contributed by atoms with van der Waals surface area (Å²) >= 11 is 0. The molecule has 2 heterocycles. The van der Waals surface area contributed by atoms with Gasteiger partial charge in [-0.3, -0.25) is 4.90 Å². The molecule has 0 radical (unpaired) electrons. The fraction of sp³-hybridized carbons (Fsp3) is 0.500. The molecule has 5 nitrogen and oxygen atoms in total. The van der Waals surface area contributed by atoms with Crippen LogP contribution in [0.1, 0.15) is 24.3 Å². The first-order chi connectivity index (χ1) is 9.29. The molecule has 0 aliphatic carbocycles. The lowest BCUT2D eigenvalue weighted by Crippen LogP contribution is -2.42. The summed E-state index contributed by atoms with van der Waals surface area (Å²) in [7, 11) is 0. The van der Waals surface area contributed by atoms with E-state index in [1.165, 1.54) is 5.56 Å². The van der Waals surface area contributed by atoms with Crippen LogP contribution in [0.5, 0.6) is 5.75 Å². The molecule has 0 amide bonds. The van der Waals surface area contributed by atoms with Crippen molar-refractivity contribution in [2.45, 2.75) is 24.8 Å². The molecule has 0 saturated carbocycles. The van der Waals surface area contributed by atoms with Crippen LogP contribution in [0.2, 0.25) is 0 Å². The maximum absolute atomic E-state index is 8.84. The van der Waals surface area contributed by atoms with Gasteiger partial charge < -0.3 is 15.7 Å². The first kappa shape index (κ1) is 12.3. The van der Waals surface area contributed by atoms with Crippen LogP contribution >= 0.6 is 0 Å². The molecule has 1 saturated heterocycles. The van der Waals surface area contributed by atoms with Gasteiger partial charge in [0.25, 0.3) is 0 Å². The largest absolute Gasteiger partial charge is 0.493 e. The van der Waals surface area contributed by atoms with E-state index >= 15 is 0 Å². The Kier molecular flexibility index (Phi) is 3.29. The number of benzene rings is 1. The highest BCUT2D eigenvalue weighted by Crippen LogP contribution is 2.35. The second-order valence-electron chi connectivity index (χ2n) is 5.22. The van der Waals surface area contributed by atoms with Crippen LogP contribution in [0.25, 0.3) is 0 Å². The van der Waals surface area contributed by atoms with E-state index in [9.17, 15) is 0 Å². The maximum Gasteiger partial charge on any atom is 0.156 e. The van der Waals surface area contributed by atoms with E-state index in [4.69, 9.17) is 15.7 Å². The molecule has 2 aliphatic heterocycles. The number of amidine groups is 1. The van der Waals surface area contributed by atoms with Crippen LogP contribution in [0.4, 0.5) is 0 Å². The zero-order chi connectivity index (χ0) is 13.2. The number of rotatable bonds is 3. The van der Waals surface area contributed by atoms with Crippen LogP contribution in [-0.2, 0) is 0 Å². The molecule has 1 fully saturated rings. The van der Waals surface area contributed by atoms with Crippen molar-refractivity contribution in [1.29, 1.82) is 0 Å². The average Bonchev–Trinajstić information content (AvgIpc) is 3.06. The Labute approximate surface area is 112 Å². The monoisotopic (exact) mass is 261 g/mol. The number of hydrogen-bond acceptors (Lipinski definition) is 4. The molecule has 0 bridgehead atoms. The molecule has 19 heavy (non-hydrogen) atoms. The Morgan fingerprint density at radius 2 is 2.32 bits per heavy atom. The Bertz CT molecular complexity index is 489. The normalized spacial score (nSPS) is 27.3. The predicted molar refractivity (Wildman–Crippen MR) is 72.7 cm³/mol. The Morgan fingerprint density at radius 1 is 1.47 bits per heavy atom. The van der Waals surface area contributed by atoms with E-state index in [2.05, 4.69) is 16.1 Å². The van der Waals surface area contributed by atoms with Gasteiger partial charge in [-0.1, -0.05) is 23.4 Å². The number of para-hydroxylation sites is 1. The van der Waals surface area contributed by atoms with Crippen molar-refractivity contribution in [3.63, 3.8) is 0 Å². The minimum atomic E-state index is 0.0674. The summed E-state index contributed by atoms with van der Waals surface area (Å²) < 4.78 is 5.71. The highest BCUT2D eigenvalue weighted by atomic mass is 16.5. The van der Waals surface area contributed by atoms with Gasteiger partial charge in [-0.05, 0) is 25.5 Å². The zero-order valence-electron chi connectivity index (χ0n) is 10.8. The van der Waals surface area contributed by atoms with Gasteiger partial charge in [-0.2, -0.15) is 0 Å². The quantitative estimate of drug-likeness (QED) is 0.373. The summed E-state index contributed by atoms with van der Waals surface area (Å²) in [4.78, 5) is 2.30. The van der Waals surface area contributed by atoms with Gasteiger partial charge in [0.1, 0.15) is 5.75 Å². The van der Waals surface area contributed by atoms with Crippen molar-refractivity contribution in [3.05, 3.63) is 29.8 Å². The molecular weight excluding hydrogens is 242 g/mol. The second kappa shape index (κ2) is 5.09. The number of oxime groups is 1. The summed E-state index contributed by atoms with van der Waals surface area (Å²) in [5.74, 6) is 1.69. The fourth-order valence-corrected chi connectivity index (χ4v) is 3.11. The lowest BCUT2D eigenvalue weighted by molar-refractivity contribution is 0.243. The van der Waals surface area contributed by atoms with Crippen molar-refractivity contribution in [1.82, 2.24) is 4.90 Å². The van der Waals surface area contributed by atoms with Crippen molar-refractivity contribution < 1.29 is 9.94 Å². The highest BCUT2D eigenvalue weighted by molar-refractivity contribution is 5.85. The average molecular weight is 261 g/mol. The van der Waals surface area contributed by atoms with E-state index in [1.54, 1.807) is 0 Å². The fourth-order valence-electron chi connectivity index (χ4n) is 3.11. The van der Waals surface area contributed by atoms with Crippen LogP contribution in [0, 0.1) is 0 Å².